The van der Waals surface area contributed by atoms with E-state index in [1.165, 1.54) is 13.8 Å². The van der Waals surface area contributed by atoms with Gasteiger partial charge < -0.3 is 10.4 Å². The van der Waals surface area contributed by atoms with Crippen molar-refractivity contribution in [3.63, 3.8) is 0 Å². The molecule has 0 aliphatic carbocycles. The molecule has 4 heteroatoms. The number of amides is 1. The summed E-state index contributed by atoms with van der Waals surface area (Å²) in [7, 11) is 0. The molecule has 0 atom stereocenters. The molecule has 1 amide bonds. The molecule has 0 aliphatic heterocycles. The number of nitrogens with one attached hydrogen (secondary N) is 1. The number of carbonyl (C=O) groups is 1. The van der Waals surface area contributed by atoms with E-state index in [0.717, 1.165) is 5.69 Å². The Labute approximate surface area is 83.0 Å². The van der Waals surface area contributed by atoms with E-state index in [9.17, 15) is 9.90 Å². The van der Waals surface area contributed by atoms with Gasteiger partial charge in [-0.25, -0.2) is 0 Å². The second-order valence-corrected chi connectivity index (χ2v) is 3.65. The van der Waals surface area contributed by atoms with Crippen LogP contribution in [0.25, 0.3) is 0 Å². The number of aryl methyl sites for hydroxylation is 1. The smallest absolute Gasteiger partial charge is 0.255 e. The zero-order valence-corrected chi connectivity index (χ0v) is 8.53. The SMILES string of the molecule is Cc1ncccc1NC(=O)C(C)(C)O. The molecule has 0 spiro atoms. The Morgan fingerprint density at radius 1 is 1.57 bits per heavy atom. The first kappa shape index (κ1) is 10.7. The molecule has 14 heavy (non-hydrogen) atoms. The van der Waals surface area contributed by atoms with Gasteiger partial charge in [-0.2, -0.15) is 0 Å². The van der Waals surface area contributed by atoms with Crippen molar-refractivity contribution in [2.75, 3.05) is 5.32 Å². The van der Waals surface area contributed by atoms with E-state index in [1.54, 1.807) is 25.3 Å². The average Bonchev–Trinajstić information content (AvgIpc) is 2.07. The standard InChI is InChI=1S/C10H14N2O2/c1-7-8(5-4-6-11-7)12-9(13)10(2,3)14/h4-6,14H,1-3H3,(H,12,13). The molecule has 1 heterocycles. The van der Waals surface area contributed by atoms with E-state index in [0.29, 0.717) is 5.69 Å². The van der Waals surface area contributed by atoms with Crippen molar-refractivity contribution in [3.8, 4) is 0 Å². The average molecular weight is 194 g/mol. The lowest BCUT2D eigenvalue weighted by atomic mass is 10.1. The van der Waals surface area contributed by atoms with Crippen LogP contribution in [-0.2, 0) is 4.79 Å². The maximum absolute atomic E-state index is 11.4. The molecule has 0 bridgehead atoms. The molecule has 0 fully saturated rings. The van der Waals surface area contributed by atoms with Crippen molar-refractivity contribution in [1.82, 2.24) is 4.98 Å². The van der Waals surface area contributed by atoms with Crippen LogP contribution in [0.15, 0.2) is 18.3 Å². The zero-order chi connectivity index (χ0) is 10.8. The van der Waals surface area contributed by atoms with Crippen molar-refractivity contribution in [2.45, 2.75) is 26.4 Å². The second kappa shape index (κ2) is 3.75. The Morgan fingerprint density at radius 3 is 2.71 bits per heavy atom. The fraction of sp³-hybridized carbons (Fsp3) is 0.400. The number of carbonyl (C=O) groups excluding carboxylic acids is 1. The van der Waals surface area contributed by atoms with E-state index in [1.807, 2.05) is 0 Å². The summed E-state index contributed by atoms with van der Waals surface area (Å²) in [6.07, 6.45) is 1.65. The maximum Gasteiger partial charge on any atom is 0.255 e. The minimum Gasteiger partial charge on any atom is -0.381 e. The largest absolute Gasteiger partial charge is 0.381 e. The van der Waals surface area contributed by atoms with Crippen molar-refractivity contribution in [1.29, 1.82) is 0 Å². The van der Waals surface area contributed by atoms with Crippen molar-refractivity contribution >= 4 is 11.6 Å². The van der Waals surface area contributed by atoms with Crippen LogP contribution < -0.4 is 5.32 Å². The van der Waals surface area contributed by atoms with Gasteiger partial charge in [0, 0.05) is 6.20 Å². The molecule has 4 nitrogen and oxygen atoms in total. The van der Waals surface area contributed by atoms with Crippen LogP contribution in [0.4, 0.5) is 5.69 Å². The summed E-state index contributed by atoms with van der Waals surface area (Å²) in [4.78, 5) is 15.4. The fourth-order valence-corrected chi connectivity index (χ4v) is 0.892. The molecule has 1 aromatic rings. The summed E-state index contributed by atoms with van der Waals surface area (Å²) < 4.78 is 0. The first-order chi connectivity index (χ1) is 6.41. The molecule has 76 valence electrons. The maximum atomic E-state index is 11.4. The number of rotatable bonds is 2. The Kier molecular flexibility index (Phi) is 2.86. The van der Waals surface area contributed by atoms with Gasteiger partial charge in [-0.15, -0.1) is 0 Å². The molecule has 0 saturated carbocycles. The highest BCUT2D eigenvalue weighted by Gasteiger charge is 2.23. The van der Waals surface area contributed by atoms with Crippen LogP contribution in [0.3, 0.4) is 0 Å². The Bertz CT molecular complexity index is 342. The Hall–Kier alpha value is -1.42. The molecule has 2 N–H and O–H groups in total. The summed E-state index contributed by atoms with van der Waals surface area (Å²) in [5.41, 5.74) is -0.0211. The molecule has 0 aromatic carbocycles. The summed E-state index contributed by atoms with van der Waals surface area (Å²) in [5.74, 6) is -0.436. The number of nitrogens with zero attached hydrogens (tertiary/aromatic N) is 1. The first-order valence-electron chi connectivity index (χ1n) is 4.36. The predicted octanol–water partition coefficient (Wildman–Crippen LogP) is 1.10. The minimum atomic E-state index is -1.37. The van der Waals surface area contributed by atoms with E-state index in [-0.39, 0.29) is 0 Å². The van der Waals surface area contributed by atoms with Crippen LogP contribution in [0, 0.1) is 6.92 Å². The van der Waals surface area contributed by atoms with Gasteiger partial charge in [0.2, 0.25) is 0 Å². The van der Waals surface area contributed by atoms with E-state index in [4.69, 9.17) is 0 Å². The van der Waals surface area contributed by atoms with Gasteiger partial charge in [0.25, 0.3) is 5.91 Å². The normalized spacial score (nSPS) is 11.1. The summed E-state index contributed by atoms with van der Waals surface area (Å²) >= 11 is 0. The minimum absolute atomic E-state index is 0.436. The monoisotopic (exact) mass is 194 g/mol. The third-order valence-corrected chi connectivity index (χ3v) is 1.81. The predicted molar refractivity (Wildman–Crippen MR) is 53.9 cm³/mol. The highest BCUT2D eigenvalue weighted by atomic mass is 16.3. The van der Waals surface area contributed by atoms with Gasteiger partial charge >= 0.3 is 0 Å². The molecule has 0 unspecified atom stereocenters. The first-order valence-corrected chi connectivity index (χ1v) is 4.36. The fourth-order valence-electron chi connectivity index (χ4n) is 0.892. The Balaban J connectivity index is 2.80. The lowest BCUT2D eigenvalue weighted by Crippen LogP contribution is -2.36. The molecular weight excluding hydrogens is 180 g/mol. The third-order valence-electron chi connectivity index (χ3n) is 1.81. The lowest BCUT2D eigenvalue weighted by Gasteiger charge is -2.17. The van der Waals surface area contributed by atoms with Gasteiger partial charge in [-0.05, 0) is 32.9 Å². The topological polar surface area (TPSA) is 62.2 Å². The van der Waals surface area contributed by atoms with Crippen LogP contribution in [-0.4, -0.2) is 21.6 Å². The van der Waals surface area contributed by atoms with Crippen molar-refractivity contribution in [2.24, 2.45) is 0 Å². The Morgan fingerprint density at radius 2 is 2.21 bits per heavy atom. The lowest BCUT2D eigenvalue weighted by molar-refractivity contribution is -0.130. The van der Waals surface area contributed by atoms with Crippen molar-refractivity contribution in [3.05, 3.63) is 24.0 Å². The van der Waals surface area contributed by atoms with E-state index < -0.39 is 11.5 Å². The van der Waals surface area contributed by atoms with Crippen LogP contribution >= 0.6 is 0 Å². The third kappa shape index (κ3) is 2.53. The number of anilines is 1. The molecule has 1 rings (SSSR count). The van der Waals surface area contributed by atoms with Gasteiger partial charge in [0.05, 0.1) is 11.4 Å². The zero-order valence-electron chi connectivity index (χ0n) is 8.53. The van der Waals surface area contributed by atoms with Crippen molar-refractivity contribution < 1.29 is 9.90 Å². The number of hydrogen-bond acceptors (Lipinski definition) is 3. The van der Waals surface area contributed by atoms with Crippen LogP contribution in [0.2, 0.25) is 0 Å². The number of hydrogen-bond donors (Lipinski definition) is 2. The summed E-state index contributed by atoms with van der Waals surface area (Å²) in [5, 5.41) is 12.0. The van der Waals surface area contributed by atoms with Crippen LogP contribution in [0.1, 0.15) is 19.5 Å². The van der Waals surface area contributed by atoms with Crippen LogP contribution in [0.5, 0.6) is 0 Å². The number of aliphatic hydroxyl groups is 1. The molecule has 0 saturated heterocycles. The van der Waals surface area contributed by atoms with Gasteiger partial charge in [-0.1, -0.05) is 0 Å². The quantitative estimate of drug-likeness (QED) is 0.741. The van der Waals surface area contributed by atoms with E-state index in [2.05, 4.69) is 10.3 Å². The van der Waals surface area contributed by atoms with E-state index >= 15 is 0 Å². The molecular formula is C10H14N2O2. The molecule has 1 aromatic heterocycles. The molecule has 0 aliphatic rings. The number of aromatic nitrogens is 1. The number of pyridine rings is 1. The van der Waals surface area contributed by atoms with Gasteiger partial charge in [0.1, 0.15) is 5.60 Å². The van der Waals surface area contributed by atoms with Gasteiger partial charge in [0.15, 0.2) is 0 Å². The highest BCUT2D eigenvalue weighted by molar-refractivity contribution is 5.96. The van der Waals surface area contributed by atoms with Gasteiger partial charge in [-0.3, -0.25) is 9.78 Å². The summed E-state index contributed by atoms with van der Waals surface area (Å²) in [6.45, 7) is 4.67. The molecule has 0 radical (unpaired) electrons. The second-order valence-electron chi connectivity index (χ2n) is 3.65. The highest BCUT2D eigenvalue weighted by Crippen LogP contribution is 2.13. The summed E-state index contributed by atoms with van der Waals surface area (Å²) in [6, 6.07) is 3.47.